The number of hydrogen-bond donors (Lipinski definition) is 1. The Hall–Kier alpha value is -1.26. The molecule has 1 aliphatic rings. The first-order valence-corrected chi connectivity index (χ1v) is 6.17. The van der Waals surface area contributed by atoms with Gasteiger partial charge in [-0.05, 0) is 18.1 Å². The molecule has 2 aromatic rings. The lowest BCUT2D eigenvalue weighted by Gasteiger charge is -2.17. The number of nitrogens with zero attached hydrogens (tertiary/aromatic N) is 2. The number of hydrogen-bond acceptors (Lipinski definition) is 4. The van der Waals surface area contributed by atoms with Crippen LogP contribution in [0.4, 0.5) is 10.8 Å². The number of nitrogens with two attached hydrogens (primary N) is 1. The number of para-hydroxylation sites is 1. The van der Waals surface area contributed by atoms with E-state index in [1.54, 1.807) is 11.3 Å². The quantitative estimate of drug-likeness (QED) is 0.910. The zero-order valence-electron chi connectivity index (χ0n) is 9.30. The van der Waals surface area contributed by atoms with Crippen molar-refractivity contribution < 1.29 is 0 Å². The van der Waals surface area contributed by atoms with E-state index in [1.807, 2.05) is 6.20 Å². The first-order chi connectivity index (χ1) is 7.83. The molecule has 0 fully saturated rings. The Morgan fingerprint density at radius 2 is 2.18 bits per heavy atom. The minimum absolute atomic E-state index is 0. The summed E-state index contributed by atoms with van der Waals surface area (Å²) in [5.41, 5.74) is 8.44. The number of thiazole rings is 1. The number of halogens is 1. The van der Waals surface area contributed by atoms with Crippen molar-refractivity contribution in [3.8, 4) is 0 Å². The van der Waals surface area contributed by atoms with Gasteiger partial charge in [0.1, 0.15) is 0 Å². The molecule has 1 aromatic carbocycles. The Balaban J connectivity index is 0.00000108. The van der Waals surface area contributed by atoms with E-state index < -0.39 is 0 Å². The molecular formula is C12H14ClN3S. The van der Waals surface area contributed by atoms with Gasteiger partial charge in [0, 0.05) is 23.3 Å². The summed E-state index contributed by atoms with van der Waals surface area (Å²) in [5, 5.41) is 0.655. The minimum atomic E-state index is 0. The fourth-order valence-corrected chi connectivity index (χ4v) is 2.85. The molecule has 0 aliphatic carbocycles. The van der Waals surface area contributed by atoms with Gasteiger partial charge < -0.3 is 10.6 Å². The average molecular weight is 268 g/mol. The van der Waals surface area contributed by atoms with Crippen LogP contribution in [0.5, 0.6) is 0 Å². The summed E-state index contributed by atoms with van der Waals surface area (Å²) in [6, 6.07) is 8.59. The number of anilines is 2. The maximum Gasteiger partial charge on any atom is 0.180 e. The number of nitrogen functional groups attached to an aromatic ring is 1. The van der Waals surface area contributed by atoms with Gasteiger partial charge in [0.25, 0.3) is 0 Å². The molecule has 0 bridgehead atoms. The first kappa shape index (κ1) is 12.2. The number of fused-ring (bicyclic) bond motifs is 1. The third-order valence-electron chi connectivity index (χ3n) is 2.90. The van der Waals surface area contributed by atoms with Crippen LogP contribution in [0.25, 0.3) is 0 Å². The highest BCUT2D eigenvalue weighted by Crippen LogP contribution is 2.29. The second-order valence-corrected chi connectivity index (χ2v) is 5.11. The maximum atomic E-state index is 5.64. The molecule has 0 amide bonds. The van der Waals surface area contributed by atoms with Gasteiger partial charge in [-0.3, -0.25) is 0 Å². The maximum absolute atomic E-state index is 5.64. The zero-order valence-corrected chi connectivity index (χ0v) is 10.9. The third-order valence-corrected chi connectivity index (χ3v) is 3.71. The van der Waals surface area contributed by atoms with Crippen LogP contribution in [0.2, 0.25) is 0 Å². The van der Waals surface area contributed by atoms with E-state index in [4.69, 9.17) is 5.73 Å². The van der Waals surface area contributed by atoms with Crippen molar-refractivity contribution in [1.82, 2.24) is 4.98 Å². The van der Waals surface area contributed by atoms with Crippen LogP contribution >= 0.6 is 23.7 Å². The number of aromatic nitrogens is 1. The highest BCUT2D eigenvalue weighted by molar-refractivity contribution is 7.15. The van der Waals surface area contributed by atoms with E-state index in [1.165, 1.54) is 16.1 Å². The SMILES string of the molecule is Cl.Nc1ncc(CN2CCc3ccccc32)s1. The molecule has 17 heavy (non-hydrogen) atoms. The summed E-state index contributed by atoms with van der Waals surface area (Å²) >= 11 is 1.57. The smallest absolute Gasteiger partial charge is 0.180 e. The molecule has 0 radical (unpaired) electrons. The van der Waals surface area contributed by atoms with Gasteiger partial charge in [-0.1, -0.05) is 18.2 Å². The van der Waals surface area contributed by atoms with Gasteiger partial charge in [-0.2, -0.15) is 0 Å². The number of rotatable bonds is 2. The molecule has 3 nitrogen and oxygen atoms in total. The Morgan fingerprint density at radius 1 is 1.35 bits per heavy atom. The lowest BCUT2D eigenvalue weighted by atomic mass is 10.2. The lowest BCUT2D eigenvalue weighted by molar-refractivity contribution is 0.844. The second kappa shape index (κ2) is 4.94. The van der Waals surface area contributed by atoms with Crippen molar-refractivity contribution in [2.24, 2.45) is 0 Å². The van der Waals surface area contributed by atoms with Crippen LogP contribution in [0.3, 0.4) is 0 Å². The molecule has 0 atom stereocenters. The fraction of sp³-hybridized carbons (Fsp3) is 0.250. The van der Waals surface area contributed by atoms with Crippen LogP contribution < -0.4 is 10.6 Å². The van der Waals surface area contributed by atoms with Crippen LogP contribution in [0.15, 0.2) is 30.5 Å². The Labute approximate surface area is 111 Å². The minimum Gasteiger partial charge on any atom is -0.375 e. The van der Waals surface area contributed by atoms with E-state index in [9.17, 15) is 0 Å². The lowest BCUT2D eigenvalue weighted by Crippen LogP contribution is -2.18. The standard InChI is InChI=1S/C12H13N3S.ClH/c13-12-14-7-10(16-12)8-15-6-5-9-3-1-2-4-11(9)15;/h1-4,7H,5-6,8H2,(H2,13,14);1H. The van der Waals surface area contributed by atoms with E-state index >= 15 is 0 Å². The van der Waals surface area contributed by atoms with Crippen molar-refractivity contribution in [2.75, 3.05) is 17.2 Å². The van der Waals surface area contributed by atoms with Crippen molar-refractivity contribution in [2.45, 2.75) is 13.0 Å². The van der Waals surface area contributed by atoms with Crippen LogP contribution in [0, 0.1) is 0 Å². The van der Waals surface area contributed by atoms with Gasteiger partial charge in [0.2, 0.25) is 0 Å². The molecule has 0 unspecified atom stereocenters. The van der Waals surface area contributed by atoms with Crippen LogP contribution in [-0.4, -0.2) is 11.5 Å². The summed E-state index contributed by atoms with van der Waals surface area (Å²) in [5.74, 6) is 0. The van der Waals surface area contributed by atoms with Crippen molar-refractivity contribution in [1.29, 1.82) is 0 Å². The van der Waals surface area contributed by atoms with E-state index in [0.29, 0.717) is 5.13 Å². The van der Waals surface area contributed by atoms with Crippen LogP contribution in [0.1, 0.15) is 10.4 Å². The van der Waals surface area contributed by atoms with Crippen LogP contribution in [-0.2, 0) is 13.0 Å². The molecule has 1 aliphatic heterocycles. The predicted molar refractivity (Wildman–Crippen MR) is 75.0 cm³/mol. The summed E-state index contributed by atoms with van der Waals surface area (Å²) in [6.07, 6.45) is 3.02. The highest BCUT2D eigenvalue weighted by atomic mass is 35.5. The highest BCUT2D eigenvalue weighted by Gasteiger charge is 2.18. The van der Waals surface area contributed by atoms with Gasteiger partial charge >= 0.3 is 0 Å². The second-order valence-electron chi connectivity index (χ2n) is 3.97. The molecule has 0 saturated carbocycles. The summed E-state index contributed by atoms with van der Waals surface area (Å²) in [7, 11) is 0. The molecular weight excluding hydrogens is 254 g/mol. The largest absolute Gasteiger partial charge is 0.375 e. The normalized spacial score (nSPS) is 13.3. The molecule has 2 N–H and O–H groups in total. The Kier molecular flexibility index (Phi) is 3.54. The van der Waals surface area contributed by atoms with E-state index in [0.717, 1.165) is 19.5 Å². The van der Waals surface area contributed by atoms with Gasteiger partial charge in [0.05, 0.1) is 6.54 Å². The van der Waals surface area contributed by atoms with E-state index in [2.05, 4.69) is 34.1 Å². The Bertz CT molecular complexity index is 512. The van der Waals surface area contributed by atoms with Gasteiger partial charge in [0.15, 0.2) is 5.13 Å². The monoisotopic (exact) mass is 267 g/mol. The van der Waals surface area contributed by atoms with E-state index in [-0.39, 0.29) is 12.4 Å². The Morgan fingerprint density at radius 3 is 2.94 bits per heavy atom. The molecule has 0 spiro atoms. The number of benzene rings is 1. The molecule has 1 aromatic heterocycles. The van der Waals surface area contributed by atoms with Crippen molar-refractivity contribution in [3.05, 3.63) is 40.9 Å². The summed E-state index contributed by atoms with van der Waals surface area (Å²) < 4.78 is 0. The molecule has 5 heteroatoms. The summed E-state index contributed by atoms with van der Waals surface area (Å²) in [4.78, 5) is 7.71. The topological polar surface area (TPSA) is 42.1 Å². The van der Waals surface area contributed by atoms with Gasteiger partial charge in [-0.25, -0.2) is 4.98 Å². The average Bonchev–Trinajstić information content (AvgIpc) is 2.87. The molecule has 90 valence electrons. The van der Waals surface area contributed by atoms with Crippen molar-refractivity contribution in [3.63, 3.8) is 0 Å². The van der Waals surface area contributed by atoms with Crippen molar-refractivity contribution >= 4 is 34.6 Å². The predicted octanol–water partition coefficient (Wildman–Crippen LogP) is 2.71. The fourth-order valence-electron chi connectivity index (χ4n) is 2.15. The molecule has 3 rings (SSSR count). The third kappa shape index (κ3) is 2.37. The first-order valence-electron chi connectivity index (χ1n) is 5.36. The molecule has 0 saturated heterocycles. The summed E-state index contributed by atoms with van der Waals surface area (Å²) in [6.45, 7) is 2.02. The molecule has 2 heterocycles. The zero-order chi connectivity index (χ0) is 11.0. The van der Waals surface area contributed by atoms with Gasteiger partial charge in [-0.15, -0.1) is 23.7 Å².